The number of carbonyl (C=O) groups is 1. The van der Waals surface area contributed by atoms with E-state index in [1.807, 2.05) is 20.8 Å². The van der Waals surface area contributed by atoms with Crippen molar-refractivity contribution in [3.8, 4) is 0 Å². The molecular formula is C39H68O5Si2. The quantitative estimate of drug-likeness (QED) is 0.106. The van der Waals surface area contributed by atoms with Crippen LogP contribution in [0.25, 0.3) is 0 Å². The molecule has 3 rings (SSSR count). The number of hydrogen-bond donors (Lipinski definition) is 0. The molecule has 0 heterocycles. The molecule has 2 saturated carbocycles. The number of rotatable bonds is 9. The van der Waals surface area contributed by atoms with E-state index in [0.717, 1.165) is 30.4 Å². The van der Waals surface area contributed by atoms with E-state index in [-0.39, 0.29) is 34.2 Å². The van der Waals surface area contributed by atoms with Crippen LogP contribution in [0.5, 0.6) is 0 Å². The van der Waals surface area contributed by atoms with Crippen LogP contribution >= 0.6 is 0 Å². The molecule has 0 aromatic carbocycles. The van der Waals surface area contributed by atoms with Gasteiger partial charge in [0.2, 0.25) is 0 Å². The normalized spacial score (nSPS) is 30.1. The van der Waals surface area contributed by atoms with Crippen molar-refractivity contribution in [2.45, 2.75) is 175 Å². The molecule has 0 N–H and O–H groups in total. The first-order valence-electron chi connectivity index (χ1n) is 17.8. The Balaban J connectivity index is 2.11. The molecule has 0 aromatic rings. The number of carbonyl (C=O) groups excluding carboxylic acids is 1. The minimum atomic E-state index is -2.36. The minimum absolute atomic E-state index is 0.0237. The smallest absolute Gasteiger partial charge is 0.332 e. The van der Waals surface area contributed by atoms with Crippen LogP contribution in [0.3, 0.4) is 0 Å². The van der Waals surface area contributed by atoms with Crippen molar-refractivity contribution in [2.75, 3.05) is 6.61 Å². The van der Waals surface area contributed by atoms with Crippen LogP contribution in [-0.4, -0.2) is 46.7 Å². The topological polar surface area (TPSA) is 54.0 Å². The molecule has 0 radical (unpaired) electrons. The van der Waals surface area contributed by atoms with Crippen molar-refractivity contribution in [1.82, 2.24) is 0 Å². The van der Waals surface area contributed by atoms with E-state index in [0.29, 0.717) is 18.8 Å². The molecule has 0 saturated heterocycles. The van der Waals surface area contributed by atoms with Crippen LogP contribution in [0, 0.1) is 11.3 Å². The Bertz CT molecular complexity index is 1240. The molecular weight excluding hydrogens is 605 g/mol. The largest absolute Gasteiger partial charge is 0.458 e. The van der Waals surface area contributed by atoms with Crippen LogP contribution in [0.1, 0.15) is 121 Å². The summed E-state index contributed by atoms with van der Waals surface area (Å²) in [6.45, 7) is 37.5. The van der Waals surface area contributed by atoms with Crippen molar-refractivity contribution in [3.05, 3.63) is 47.1 Å². The first-order valence-corrected chi connectivity index (χ1v) is 23.6. The number of allylic oxidation sites excluding steroid dienone is 5. The fourth-order valence-corrected chi connectivity index (χ4v) is 9.70. The molecule has 0 aromatic heterocycles. The molecule has 7 heteroatoms. The van der Waals surface area contributed by atoms with Gasteiger partial charge in [-0.05, 0) is 112 Å². The van der Waals surface area contributed by atoms with E-state index < -0.39 is 28.0 Å². The molecule has 0 bridgehead atoms. The van der Waals surface area contributed by atoms with Crippen LogP contribution in [0.4, 0.5) is 0 Å². The lowest BCUT2D eigenvalue weighted by atomic mass is 9.64. The maximum atomic E-state index is 13.1. The predicted molar refractivity (Wildman–Crippen MR) is 198 cm³/mol. The summed E-state index contributed by atoms with van der Waals surface area (Å²) in [6, 6.07) is 0. The van der Waals surface area contributed by atoms with Crippen LogP contribution < -0.4 is 0 Å². The molecule has 0 aliphatic heterocycles. The zero-order chi connectivity index (χ0) is 35.1. The predicted octanol–water partition coefficient (Wildman–Crippen LogP) is 11.2. The number of fused-ring (bicyclic) bond motifs is 1. The van der Waals surface area contributed by atoms with Gasteiger partial charge in [-0.15, -0.1) is 0 Å². The van der Waals surface area contributed by atoms with Gasteiger partial charge >= 0.3 is 5.97 Å². The first-order chi connectivity index (χ1) is 20.8. The summed E-state index contributed by atoms with van der Waals surface area (Å²) in [5, 5.41) is -0.0275. The molecule has 0 unspecified atom stereocenters. The molecule has 5 nitrogen and oxygen atoms in total. The van der Waals surface area contributed by atoms with Crippen LogP contribution in [0.15, 0.2) is 47.1 Å². The summed E-state index contributed by atoms with van der Waals surface area (Å²) in [7, 11) is -4.55. The van der Waals surface area contributed by atoms with Gasteiger partial charge in [-0.2, -0.15) is 0 Å². The lowest BCUT2D eigenvalue weighted by Gasteiger charge is -2.51. The summed E-state index contributed by atoms with van der Waals surface area (Å²) in [5.41, 5.74) is 4.93. The average molecular weight is 673 g/mol. The maximum Gasteiger partial charge on any atom is 0.332 e. The Morgan fingerprint density at radius 2 is 1.61 bits per heavy atom. The average Bonchev–Trinajstić information content (AvgIpc) is 3.22. The molecule has 262 valence electrons. The maximum absolute atomic E-state index is 13.1. The molecule has 3 aliphatic rings. The summed E-state index contributed by atoms with van der Waals surface area (Å²) >= 11 is 0. The van der Waals surface area contributed by atoms with Crippen molar-refractivity contribution >= 4 is 22.6 Å². The van der Waals surface area contributed by atoms with Gasteiger partial charge < -0.3 is 18.3 Å². The van der Waals surface area contributed by atoms with Crippen molar-refractivity contribution in [2.24, 2.45) is 11.3 Å². The molecule has 0 spiro atoms. The fourth-order valence-electron chi connectivity index (χ4n) is 6.96. The highest BCUT2D eigenvalue weighted by molar-refractivity contribution is 6.74. The minimum Gasteiger partial charge on any atom is -0.458 e. The fraction of sp³-hybridized carbons (Fsp3) is 0.769. The monoisotopic (exact) mass is 672 g/mol. The SMILES string of the molecule is C=C1C(=CC=C2CCC[C@]3(C)C(CC)=CC[C@@H]23)C[C@@](OCC(=O)OC(C)(C)C)(O[Si](C)(C)C(C)(C)C)C[C@@H]1O[Si](C)(C)C(C)(C)C. The molecule has 3 aliphatic carbocycles. The number of ether oxygens (including phenoxy) is 2. The third-order valence-corrected chi connectivity index (χ3v) is 20.7. The zero-order valence-electron chi connectivity index (χ0n) is 32.3. The third kappa shape index (κ3) is 8.85. The second-order valence-corrected chi connectivity index (χ2v) is 28.0. The highest BCUT2D eigenvalue weighted by atomic mass is 28.4. The highest BCUT2D eigenvalue weighted by Gasteiger charge is 2.52. The van der Waals surface area contributed by atoms with E-state index >= 15 is 0 Å². The van der Waals surface area contributed by atoms with Gasteiger partial charge in [0.15, 0.2) is 22.4 Å². The van der Waals surface area contributed by atoms with E-state index in [1.165, 1.54) is 18.4 Å². The zero-order valence-corrected chi connectivity index (χ0v) is 34.3. The van der Waals surface area contributed by atoms with Gasteiger partial charge in [-0.25, -0.2) is 4.79 Å². The molecule has 2 fully saturated rings. The number of esters is 1. The van der Waals surface area contributed by atoms with Crippen molar-refractivity contribution in [3.63, 3.8) is 0 Å². The Labute approximate surface area is 284 Å². The van der Waals surface area contributed by atoms with E-state index in [1.54, 1.807) is 5.57 Å². The van der Waals surface area contributed by atoms with Gasteiger partial charge in [0.05, 0.1) is 6.10 Å². The second-order valence-electron chi connectivity index (χ2n) is 18.5. The van der Waals surface area contributed by atoms with E-state index in [9.17, 15) is 4.79 Å². The molecule has 46 heavy (non-hydrogen) atoms. The highest BCUT2D eigenvalue weighted by Crippen LogP contribution is 2.56. The molecule has 0 amide bonds. The molecule has 4 atom stereocenters. The lowest BCUT2D eigenvalue weighted by Crippen LogP contribution is -2.56. The number of hydrogen-bond acceptors (Lipinski definition) is 5. The van der Waals surface area contributed by atoms with Gasteiger partial charge in [-0.3, -0.25) is 0 Å². The summed E-state index contributed by atoms with van der Waals surface area (Å²) in [5.74, 6) is -0.864. The standard InChI is InChI=1S/C39H68O5Si2/c1-17-31-22-23-32-29(19-18-24-38(31,32)12)20-21-30-25-39(44-46(15,16)37(9,10)11,41-27-34(40)42-35(3,4)5)26-33(28(30)2)43-45(13,14)36(6,7)8/h20-22,32-33H,2,17-19,23-27H2,1,3-16H3/t32-,33-,38+,39+/m0/s1. The third-order valence-electron chi connectivity index (χ3n) is 11.7. The van der Waals surface area contributed by atoms with Gasteiger partial charge in [0, 0.05) is 12.8 Å². The van der Waals surface area contributed by atoms with E-state index in [2.05, 4.69) is 106 Å². The van der Waals surface area contributed by atoms with Crippen molar-refractivity contribution in [1.29, 1.82) is 0 Å². The summed E-state index contributed by atoms with van der Waals surface area (Å²) < 4.78 is 26.8. The van der Waals surface area contributed by atoms with Gasteiger partial charge in [-0.1, -0.05) is 91.3 Å². The summed E-state index contributed by atoms with van der Waals surface area (Å²) in [6.07, 6.45) is 13.8. The second kappa shape index (κ2) is 13.6. The van der Waals surface area contributed by atoms with Gasteiger partial charge in [0.1, 0.15) is 12.2 Å². The van der Waals surface area contributed by atoms with Crippen LogP contribution in [0.2, 0.25) is 36.3 Å². The first kappa shape index (κ1) is 39.2. The Hall–Kier alpha value is -1.26. The Morgan fingerprint density at radius 3 is 2.15 bits per heavy atom. The summed E-state index contributed by atoms with van der Waals surface area (Å²) in [4.78, 5) is 13.1. The van der Waals surface area contributed by atoms with Gasteiger partial charge in [0.25, 0.3) is 0 Å². The van der Waals surface area contributed by atoms with Crippen LogP contribution in [-0.2, 0) is 23.1 Å². The van der Waals surface area contributed by atoms with Crippen molar-refractivity contribution < 1.29 is 23.1 Å². The Morgan fingerprint density at radius 1 is 1.00 bits per heavy atom. The Kier molecular flexibility index (Phi) is 11.6. The van der Waals surface area contributed by atoms with E-state index in [4.69, 9.17) is 18.3 Å². The lowest BCUT2D eigenvalue weighted by molar-refractivity contribution is -0.218.